The molecule has 110 valence electrons. The van der Waals surface area contributed by atoms with Crippen LogP contribution in [-0.4, -0.2) is 13.0 Å². The summed E-state index contributed by atoms with van der Waals surface area (Å²) in [5.41, 5.74) is 0.584. The molecule has 2 aromatic rings. The lowest BCUT2D eigenvalue weighted by atomic mass is 10.2. The second-order valence-corrected chi connectivity index (χ2v) is 4.25. The number of methoxy groups -OCH3 is 1. The first-order chi connectivity index (χ1) is 10.7. The van der Waals surface area contributed by atoms with Crippen LogP contribution in [0.15, 0.2) is 64.8 Å². The molecule has 0 spiro atoms. The van der Waals surface area contributed by atoms with E-state index in [0.29, 0.717) is 17.2 Å². The highest BCUT2D eigenvalue weighted by molar-refractivity contribution is 6.06. The summed E-state index contributed by atoms with van der Waals surface area (Å²) >= 11 is 0. The summed E-state index contributed by atoms with van der Waals surface area (Å²) in [7, 11) is 1.56. The molecule has 1 amide bonds. The topological polar surface area (TPSA) is 75.3 Å². The number of anilines is 1. The second-order valence-electron chi connectivity index (χ2n) is 4.25. The van der Waals surface area contributed by atoms with Crippen molar-refractivity contribution in [2.75, 3.05) is 12.4 Å². The number of nitrogens with one attached hydrogen (secondary N) is 1. The van der Waals surface area contributed by atoms with Crippen molar-refractivity contribution in [3.05, 3.63) is 66.1 Å². The predicted molar refractivity (Wildman–Crippen MR) is 83.1 cm³/mol. The van der Waals surface area contributed by atoms with Gasteiger partial charge in [0, 0.05) is 5.69 Å². The number of carbonyl (C=O) groups is 1. The molecule has 0 aliphatic carbocycles. The quantitative estimate of drug-likeness (QED) is 0.521. The Balaban J connectivity index is 2.03. The predicted octanol–water partition coefficient (Wildman–Crippen LogP) is 3.39. The van der Waals surface area contributed by atoms with Gasteiger partial charge in [-0.15, -0.1) is 0 Å². The van der Waals surface area contributed by atoms with Crippen molar-refractivity contribution in [3.8, 4) is 11.8 Å². The highest BCUT2D eigenvalue weighted by Gasteiger charge is 2.08. The molecule has 5 nitrogen and oxygen atoms in total. The summed E-state index contributed by atoms with van der Waals surface area (Å²) in [5, 5.41) is 11.7. The number of nitriles is 1. The van der Waals surface area contributed by atoms with E-state index in [-0.39, 0.29) is 5.57 Å². The number of hydrogen-bond acceptors (Lipinski definition) is 4. The normalized spacial score (nSPS) is 11.2. The number of nitrogens with zero attached hydrogens (tertiary/aromatic N) is 1. The van der Waals surface area contributed by atoms with Gasteiger partial charge in [0.25, 0.3) is 5.91 Å². The molecular formula is C17H14N2O3. The zero-order chi connectivity index (χ0) is 15.8. The Bertz CT molecular complexity index is 720. The van der Waals surface area contributed by atoms with Crippen LogP contribution in [0.2, 0.25) is 0 Å². The molecule has 1 N–H and O–H groups in total. The number of rotatable bonds is 5. The molecule has 1 aromatic heterocycles. The first-order valence-electron chi connectivity index (χ1n) is 6.50. The lowest BCUT2D eigenvalue weighted by Crippen LogP contribution is -2.13. The van der Waals surface area contributed by atoms with Crippen molar-refractivity contribution < 1.29 is 13.9 Å². The number of amides is 1. The first kappa shape index (κ1) is 15.1. The molecule has 1 heterocycles. The van der Waals surface area contributed by atoms with Crippen molar-refractivity contribution in [2.45, 2.75) is 0 Å². The molecule has 2 rings (SSSR count). The zero-order valence-electron chi connectivity index (χ0n) is 11.9. The maximum absolute atomic E-state index is 12.0. The largest absolute Gasteiger partial charge is 0.497 e. The number of hydrogen-bond donors (Lipinski definition) is 1. The van der Waals surface area contributed by atoms with Crippen LogP contribution in [-0.2, 0) is 4.79 Å². The summed E-state index contributed by atoms with van der Waals surface area (Å²) in [4.78, 5) is 12.0. The smallest absolute Gasteiger partial charge is 0.266 e. The minimum Gasteiger partial charge on any atom is -0.497 e. The van der Waals surface area contributed by atoms with Crippen LogP contribution in [0, 0.1) is 11.3 Å². The fraction of sp³-hybridized carbons (Fsp3) is 0.0588. The zero-order valence-corrected chi connectivity index (χ0v) is 11.9. The van der Waals surface area contributed by atoms with E-state index in [1.807, 2.05) is 6.07 Å². The van der Waals surface area contributed by atoms with E-state index >= 15 is 0 Å². The molecule has 0 bridgehead atoms. The van der Waals surface area contributed by atoms with Crippen molar-refractivity contribution in [1.82, 2.24) is 0 Å². The molecule has 5 heteroatoms. The maximum atomic E-state index is 12.0. The minimum absolute atomic E-state index is 0.00127. The van der Waals surface area contributed by atoms with Crippen LogP contribution in [0.5, 0.6) is 5.75 Å². The van der Waals surface area contributed by atoms with E-state index in [1.165, 1.54) is 6.08 Å². The molecule has 0 saturated heterocycles. The average molecular weight is 294 g/mol. The monoisotopic (exact) mass is 294 g/mol. The lowest BCUT2D eigenvalue weighted by Gasteiger charge is -2.05. The summed E-state index contributed by atoms with van der Waals surface area (Å²) in [5.74, 6) is 0.858. The molecule has 0 atom stereocenters. The minimum atomic E-state index is -0.475. The van der Waals surface area contributed by atoms with Gasteiger partial charge in [0.15, 0.2) is 0 Å². The first-order valence-corrected chi connectivity index (χ1v) is 6.50. The molecule has 0 unspecified atom stereocenters. The third-order valence-corrected chi connectivity index (χ3v) is 2.78. The van der Waals surface area contributed by atoms with Gasteiger partial charge in [0.05, 0.1) is 13.4 Å². The van der Waals surface area contributed by atoms with Crippen LogP contribution >= 0.6 is 0 Å². The fourth-order valence-electron chi connectivity index (χ4n) is 1.66. The number of ether oxygens (including phenoxy) is 1. The van der Waals surface area contributed by atoms with Crippen LogP contribution in [0.1, 0.15) is 5.76 Å². The molecule has 0 fully saturated rings. The van der Waals surface area contributed by atoms with Gasteiger partial charge in [0.2, 0.25) is 0 Å². The van der Waals surface area contributed by atoms with E-state index in [1.54, 1.807) is 61.9 Å². The van der Waals surface area contributed by atoms with Gasteiger partial charge in [-0.1, -0.05) is 6.08 Å². The number of carbonyl (C=O) groups excluding carboxylic acids is 1. The maximum Gasteiger partial charge on any atom is 0.266 e. The van der Waals surface area contributed by atoms with Gasteiger partial charge in [-0.2, -0.15) is 5.26 Å². The lowest BCUT2D eigenvalue weighted by molar-refractivity contribution is -0.112. The van der Waals surface area contributed by atoms with Gasteiger partial charge in [-0.3, -0.25) is 4.79 Å². The average Bonchev–Trinajstić information content (AvgIpc) is 3.05. The van der Waals surface area contributed by atoms with Crippen molar-refractivity contribution in [3.63, 3.8) is 0 Å². The molecule has 22 heavy (non-hydrogen) atoms. The Morgan fingerprint density at radius 2 is 2.09 bits per heavy atom. The van der Waals surface area contributed by atoms with Crippen LogP contribution in [0.25, 0.3) is 6.08 Å². The third kappa shape index (κ3) is 4.12. The molecule has 0 aliphatic rings. The molecule has 0 saturated carbocycles. The standard InChI is InChI=1S/C17H14N2O3/c1-21-15-9-7-14(8-10-15)19-17(20)13(12-18)4-2-5-16-6-3-11-22-16/h2-11H,1H3,(H,19,20)/b5-2+,13-4+. The fourth-order valence-corrected chi connectivity index (χ4v) is 1.66. The highest BCUT2D eigenvalue weighted by atomic mass is 16.5. The van der Waals surface area contributed by atoms with Crippen LogP contribution in [0.4, 0.5) is 5.69 Å². The molecule has 0 aliphatic heterocycles. The summed E-state index contributed by atoms with van der Waals surface area (Å²) in [6.07, 6.45) is 6.23. The van der Waals surface area contributed by atoms with E-state index in [2.05, 4.69) is 5.32 Å². The number of allylic oxidation sites excluding steroid dienone is 2. The van der Waals surface area contributed by atoms with Gasteiger partial charge in [0.1, 0.15) is 23.2 Å². The number of furan rings is 1. The molecular weight excluding hydrogens is 280 g/mol. The van der Waals surface area contributed by atoms with E-state index in [9.17, 15) is 4.79 Å². The van der Waals surface area contributed by atoms with Gasteiger partial charge < -0.3 is 14.5 Å². The third-order valence-electron chi connectivity index (χ3n) is 2.78. The second kappa shape index (κ2) is 7.50. The van der Waals surface area contributed by atoms with Crippen LogP contribution in [0.3, 0.4) is 0 Å². The molecule has 1 aromatic carbocycles. The van der Waals surface area contributed by atoms with E-state index < -0.39 is 5.91 Å². The van der Waals surface area contributed by atoms with Crippen molar-refractivity contribution in [1.29, 1.82) is 5.26 Å². The SMILES string of the molecule is COc1ccc(NC(=O)/C(C#N)=C/C=C/c2ccco2)cc1. The highest BCUT2D eigenvalue weighted by Crippen LogP contribution is 2.15. The van der Waals surface area contributed by atoms with Crippen molar-refractivity contribution >= 4 is 17.7 Å². The Labute approximate surface area is 128 Å². The van der Waals surface area contributed by atoms with Gasteiger partial charge in [-0.25, -0.2) is 0 Å². The Morgan fingerprint density at radius 3 is 2.68 bits per heavy atom. The van der Waals surface area contributed by atoms with Gasteiger partial charge in [-0.05, 0) is 48.6 Å². The van der Waals surface area contributed by atoms with Gasteiger partial charge >= 0.3 is 0 Å². The summed E-state index contributed by atoms with van der Waals surface area (Å²) in [6.45, 7) is 0. The molecule has 0 radical (unpaired) electrons. The van der Waals surface area contributed by atoms with E-state index in [0.717, 1.165) is 0 Å². The summed E-state index contributed by atoms with van der Waals surface area (Å²) in [6, 6.07) is 12.2. The number of benzene rings is 1. The van der Waals surface area contributed by atoms with Crippen molar-refractivity contribution in [2.24, 2.45) is 0 Å². The Morgan fingerprint density at radius 1 is 1.32 bits per heavy atom. The Hall–Kier alpha value is -3.26. The van der Waals surface area contributed by atoms with E-state index in [4.69, 9.17) is 14.4 Å². The summed E-state index contributed by atoms with van der Waals surface area (Å²) < 4.78 is 10.2. The Kier molecular flexibility index (Phi) is 5.16. The van der Waals surface area contributed by atoms with Crippen LogP contribution < -0.4 is 10.1 Å².